The number of halogens is 1. The van der Waals surface area contributed by atoms with E-state index in [4.69, 9.17) is 11.6 Å². The molecule has 0 bridgehead atoms. The third-order valence-electron chi connectivity index (χ3n) is 5.69. The number of benzene rings is 1. The summed E-state index contributed by atoms with van der Waals surface area (Å²) in [5.41, 5.74) is 0.696. The van der Waals surface area contributed by atoms with Crippen LogP contribution < -0.4 is 0 Å². The van der Waals surface area contributed by atoms with Gasteiger partial charge in [0, 0.05) is 37.6 Å². The van der Waals surface area contributed by atoms with E-state index in [1.807, 2.05) is 11.8 Å². The first-order chi connectivity index (χ1) is 11.9. The van der Waals surface area contributed by atoms with E-state index in [-0.39, 0.29) is 17.2 Å². The second-order valence-electron chi connectivity index (χ2n) is 7.19. The number of aliphatic hydroxyl groups excluding tert-OH is 1. The number of nitrogens with zero attached hydrogens (tertiary/aromatic N) is 2. The summed E-state index contributed by atoms with van der Waals surface area (Å²) >= 11 is 5.86. The van der Waals surface area contributed by atoms with Crippen molar-refractivity contribution in [2.75, 3.05) is 26.2 Å². The van der Waals surface area contributed by atoms with E-state index in [1.54, 1.807) is 29.2 Å². The highest BCUT2D eigenvalue weighted by Gasteiger charge is 2.41. The lowest BCUT2D eigenvalue weighted by Gasteiger charge is -2.47. The topological polar surface area (TPSA) is 60.9 Å². The van der Waals surface area contributed by atoms with Crippen LogP contribution in [0.15, 0.2) is 24.3 Å². The van der Waals surface area contributed by atoms with Gasteiger partial charge in [0.05, 0.1) is 0 Å². The minimum absolute atomic E-state index is 0.131. The largest absolute Gasteiger partial charge is 0.378 e. The summed E-state index contributed by atoms with van der Waals surface area (Å²) in [4.78, 5) is 28.2. The lowest BCUT2D eigenvalue weighted by atomic mass is 9.72. The molecule has 2 aliphatic heterocycles. The van der Waals surface area contributed by atoms with Gasteiger partial charge in [-0.05, 0) is 49.3 Å². The molecule has 136 valence electrons. The van der Waals surface area contributed by atoms with Gasteiger partial charge in [-0.15, -0.1) is 0 Å². The highest BCUT2D eigenvalue weighted by Crippen LogP contribution is 2.40. The first-order valence-corrected chi connectivity index (χ1v) is 9.32. The van der Waals surface area contributed by atoms with Gasteiger partial charge in [0.15, 0.2) is 6.10 Å². The summed E-state index contributed by atoms with van der Waals surface area (Å²) in [6.07, 6.45) is 2.14. The second kappa shape index (κ2) is 7.34. The molecule has 3 rings (SSSR count). The van der Waals surface area contributed by atoms with Crippen LogP contribution in [0.3, 0.4) is 0 Å². The molecule has 6 heteroatoms. The van der Waals surface area contributed by atoms with E-state index in [1.165, 1.54) is 0 Å². The van der Waals surface area contributed by atoms with Gasteiger partial charge in [0.1, 0.15) is 0 Å². The van der Waals surface area contributed by atoms with Crippen molar-refractivity contribution in [2.45, 2.75) is 38.7 Å². The zero-order chi connectivity index (χ0) is 18.0. The number of piperidine rings is 2. The Hall–Kier alpha value is -1.59. The first-order valence-electron chi connectivity index (χ1n) is 8.94. The minimum atomic E-state index is -1.15. The molecule has 0 aliphatic carbocycles. The summed E-state index contributed by atoms with van der Waals surface area (Å²) in [7, 11) is 0. The number of likely N-dealkylation sites (tertiary alicyclic amines) is 2. The van der Waals surface area contributed by atoms with Crippen molar-refractivity contribution in [1.82, 2.24) is 9.80 Å². The molecule has 0 radical (unpaired) electrons. The van der Waals surface area contributed by atoms with Crippen LogP contribution in [0.1, 0.15) is 44.3 Å². The van der Waals surface area contributed by atoms with Crippen molar-refractivity contribution >= 4 is 23.4 Å². The van der Waals surface area contributed by atoms with Gasteiger partial charge in [-0.25, -0.2) is 0 Å². The number of hydrogen-bond acceptors (Lipinski definition) is 3. The Morgan fingerprint density at radius 3 is 2.48 bits per heavy atom. The number of aliphatic hydroxyl groups is 1. The van der Waals surface area contributed by atoms with Crippen molar-refractivity contribution in [3.63, 3.8) is 0 Å². The quantitative estimate of drug-likeness (QED) is 0.896. The fraction of sp³-hybridized carbons (Fsp3) is 0.579. The van der Waals surface area contributed by atoms with Crippen molar-refractivity contribution < 1.29 is 14.7 Å². The monoisotopic (exact) mass is 364 g/mol. The maximum atomic E-state index is 12.6. The van der Waals surface area contributed by atoms with E-state index in [2.05, 4.69) is 0 Å². The van der Waals surface area contributed by atoms with E-state index in [0.717, 1.165) is 32.4 Å². The highest BCUT2D eigenvalue weighted by molar-refractivity contribution is 6.30. The van der Waals surface area contributed by atoms with E-state index in [9.17, 15) is 14.7 Å². The Labute approximate surface area is 153 Å². The number of rotatable bonds is 3. The fourth-order valence-corrected chi connectivity index (χ4v) is 4.09. The lowest BCUT2D eigenvalue weighted by Crippen LogP contribution is -2.52. The predicted octanol–water partition coefficient (Wildman–Crippen LogP) is 2.62. The highest BCUT2D eigenvalue weighted by atomic mass is 35.5. The molecular weight excluding hydrogens is 340 g/mol. The van der Waals surface area contributed by atoms with Crippen LogP contribution in [0, 0.1) is 5.41 Å². The molecule has 1 aromatic carbocycles. The second-order valence-corrected chi connectivity index (χ2v) is 7.62. The molecule has 1 aromatic rings. The summed E-state index contributed by atoms with van der Waals surface area (Å²) in [6, 6.07) is 6.72. The molecule has 25 heavy (non-hydrogen) atoms. The molecule has 1 N–H and O–H groups in total. The minimum Gasteiger partial charge on any atom is -0.378 e. The molecule has 1 unspecified atom stereocenters. The number of amides is 2. The van der Waals surface area contributed by atoms with Gasteiger partial charge >= 0.3 is 0 Å². The molecule has 2 aliphatic rings. The van der Waals surface area contributed by atoms with Crippen LogP contribution in [0.25, 0.3) is 0 Å². The van der Waals surface area contributed by atoms with Gasteiger partial charge in [-0.1, -0.05) is 23.7 Å². The lowest BCUT2D eigenvalue weighted by molar-refractivity contribution is -0.147. The Kier molecular flexibility index (Phi) is 5.35. The normalized spacial score (nSPS) is 21.5. The number of hydrogen-bond donors (Lipinski definition) is 1. The third kappa shape index (κ3) is 3.82. The fourth-order valence-electron chi connectivity index (χ4n) is 3.96. The van der Waals surface area contributed by atoms with Crippen molar-refractivity contribution in [1.29, 1.82) is 0 Å². The Balaban J connectivity index is 1.61. The zero-order valence-corrected chi connectivity index (χ0v) is 15.3. The zero-order valence-electron chi connectivity index (χ0n) is 14.6. The predicted molar refractivity (Wildman–Crippen MR) is 96.1 cm³/mol. The van der Waals surface area contributed by atoms with Crippen molar-refractivity contribution in [3.05, 3.63) is 34.9 Å². The van der Waals surface area contributed by atoms with Gasteiger partial charge in [0.2, 0.25) is 5.91 Å². The standard InChI is InChI=1S/C19H25ClN2O3/c1-2-21-13-19(8-7-16(21)23)9-11-22(12-10-19)18(25)17(24)14-3-5-15(20)6-4-14/h3-6,17,24H,2,7-13H2,1H3. The molecule has 2 saturated heterocycles. The van der Waals surface area contributed by atoms with Gasteiger partial charge in [-0.3, -0.25) is 9.59 Å². The van der Waals surface area contributed by atoms with Gasteiger partial charge in [0.25, 0.3) is 5.91 Å². The molecule has 0 saturated carbocycles. The average Bonchev–Trinajstić information content (AvgIpc) is 2.64. The van der Waals surface area contributed by atoms with Gasteiger partial charge < -0.3 is 14.9 Å². The molecule has 0 aromatic heterocycles. The summed E-state index contributed by atoms with van der Waals surface area (Å²) < 4.78 is 0. The van der Waals surface area contributed by atoms with Crippen LogP contribution in [0.4, 0.5) is 0 Å². The van der Waals surface area contributed by atoms with E-state index >= 15 is 0 Å². The van der Waals surface area contributed by atoms with Crippen LogP contribution in [0.2, 0.25) is 5.02 Å². The smallest absolute Gasteiger partial charge is 0.256 e. The Bertz CT molecular complexity index is 639. The Morgan fingerprint density at radius 2 is 1.88 bits per heavy atom. The first kappa shape index (κ1) is 18.2. The maximum Gasteiger partial charge on any atom is 0.256 e. The molecule has 2 fully saturated rings. The maximum absolute atomic E-state index is 12.6. The molecule has 5 nitrogen and oxygen atoms in total. The van der Waals surface area contributed by atoms with Crippen LogP contribution in [-0.2, 0) is 9.59 Å². The van der Waals surface area contributed by atoms with Crippen LogP contribution in [-0.4, -0.2) is 52.9 Å². The molecular formula is C19H25ClN2O3. The summed E-state index contributed by atoms with van der Waals surface area (Å²) in [5, 5.41) is 10.9. The van der Waals surface area contributed by atoms with Gasteiger partial charge in [-0.2, -0.15) is 0 Å². The number of carbonyl (C=O) groups is 2. The average molecular weight is 365 g/mol. The SMILES string of the molecule is CCN1CC2(CCC1=O)CCN(C(=O)C(O)c1ccc(Cl)cc1)CC2. The molecule has 1 atom stereocenters. The van der Waals surface area contributed by atoms with Crippen LogP contribution >= 0.6 is 11.6 Å². The summed E-state index contributed by atoms with van der Waals surface area (Å²) in [5.74, 6) is -0.0128. The third-order valence-corrected chi connectivity index (χ3v) is 5.94. The molecule has 2 heterocycles. The van der Waals surface area contributed by atoms with Crippen LogP contribution in [0.5, 0.6) is 0 Å². The van der Waals surface area contributed by atoms with E-state index < -0.39 is 6.10 Å². The van der Waals surface area contributed by atoms with E-state index in [0.29, 0.717) is 30.1 Å². The number of carbonyl (C=O) groups excluding carboxylic acids is 2. The molecule has 2 amide bonds. The van der Waals surface area contributed by atoms with Crippen molar-refractivity contribution in [2.24, 2.45) is 5.41 Å². The van der Waals surface area contributed by atoms with Crippen molar-refractivity contribution in [3.8, 4) is 0 Å². The summed E-state index contributed by atoms with van der Waals surface area (Å²) in [6.45, 7) is 4.82. The Morgan fingerprint density at radius 1 is 1.24 bits per heavy atom. The molecule has 1 spiro atoms.